The SMILES string of the molecule is O=C(NC(=S)NCCC[NH+]1CCOCC1)C(c1ccccc1)c1ccccc1. The fourth-order valence-electron chi connectivity index (χ4n) is 3.46. The largest absolute Gasteiger partial charge is 0.370 e. The third-order valence-corrected chi connectivity index (χ3v) is 5.20. The Labute approximate surface area is 172 Å². The molecule has 3 rings (SSSR count). The van der Waals surface area contributed by atoms with Crippen LogP contribution in [0, 0.1) is 0 Å². The molecule has 0 radical (unpaired) electrons. The van der Waals surface area contributed by atoms with E-state index in [1.807, 2.05) is 60.7 Å². The number of ether oxygens (including phenoxy) is 1. The standard InChI is InChI=1S/C22H27N3O2S/c26-21(24-22(28)23-12-7-13-25-14-16-27-17-15-25)20(18-8-3-1-4-9-18)19-10-5-2-6-11-19/h1-6,8-11,20H,7,12-17H2,(H2,23,24,26,28)/p+1. The van der Waals surface area contributed by atoms with Gasteiger partial charge in [0, 0.05) is 13.0 Å². The molecule has 1 aliphatic heterocycles. The van der Waals surface area contributed by atoms with Crippen molar-refractivity contribution in [1.29, 1.82) is 0 Å². The predicted octanol–water partition coefficient (Wildman–Crippen LogP) is 1.11. The van der Waals surface area contributed by atoms with Gasteiger partial charge in [0.2, 0.25) is 5.91 Å². The number of morpholine rings is 1. The molecule has 2 aromatic carbocycles. The molecule has 0 aromatic heterocycles. The molecule has 5 nitrogen and oxygen atoms in total. The number of hydrogen-bond acceptors (Lipinski definition) is 3. The maximum absolute atomic E-state index is 13.0. The number of thiocarbonyl (C=S) groups is 1. The van der Waals surface area contributed by atoms with Crippen LogP contribution in [0.4, 0.5) is 0 Å². The first-order valence-electron chi connectivity index (χ1n) is 9.84. The van der Waals surface area contributed by atoms with Crippen molar-refractivity contribution in [1.82, 2.24) is 10.6 Å². The Hall–Kier alpha value is -2.28. The first-order valence-corrected chi connectivity index (χ1v) is 10.2. The molecule has 0 atom stereocenters. The van der Waals surface area contributed by atoms with E-state index < -0.39 is 0 Å². The minimum absolute atomic E-state index is 0.117. The molecule has 1 heterocycles. The van der Waals surface area contributed by atoms with E-state index in [-0.39, 0.29) is 11.8 Å². The van der Waals surface area contributed by atoms with Gasteiger partial charge in [0.05, 0.1) is 25.7 Å². The van der Waals surface area contributed by atoms with E-state index in [9.17, 15) is 4.79 Å². The zero-order valence-corrected chi connectivity index (χ0v) is 16.8. The minimum Gasteiger partial charge on any atom is -0.370 e. The van der Waals surface area contributed by atoms with Gasteiger partial charge in [0.25, 0.3) is 0 Å². The average Bonchev–Trinajstić information content (AvgIpc) is 2.74. The van der Waals surface area contributed by atoms with Gasteiger partial charge in [0.1, 0.15) is 13.1 Å². The molecule has 0 saturated carbocycles. The predicted molar refractivity (Wildman–Crippen MR) is 114 cm³/mol. The van der Waals surface area contributed by atoms with Gasteiger partial charge in [0.15, 0.2) is 5.11 Å². The molecule has 3 N–H and O–H groups in total. The lowest BCUT2D eigenvalue weighted by Gasteiger charge is -2.23. The second kappa shape index (κ2) is 10.9. The molecule has 6 heteroatoms. The van der Waals surface area contributed by atoms with Crippen LogP contribution in [0.3, 0.4) is 0 Å². The highest BCUT2D eigenvalue weighted by molar-refractivity contribution is 7.80. The first kappa shape index (κ1) is 20.5. The molecule has 148 valence electrons. The minimum atomic E-state index is -0.389. The Bertz CT molecular complexity index is 709. The molecule has 1 saturated heterocycles. The molecular weight excluding hydrogens is 370 g/mol. The summed E-state index contributed by atoms with van der Waals surface area (Å²) < 4.78 is 5.38. The van der Waals surface area contributed by atoms with Crippen molar-refractivity contribution in [3.63, 3.8) is 0 Å². The van der Waals surface area contributed by atoms with Gasteiger partial charge in [-0.15, -0.1) is 0 Å². The van der Waals surface area contributed by atoms with E-state index in [2.05, 4.69) is 10.6 Å². The van der Waals surface area contributed by atoms with E-state index in [4.69, 9.17) is 17.0 Å². The number of hydrogen-bond donors (Lipinski definition) is 3. The van der Waals surface area contributed by atoms with Crippen LogP contribution >= 0.6 is 12.2 Å². The van der Waals surface area contributed by atoms with Crippen LogP contribution in [0.2, 0.25) is 0 Å². The second-order valence-electron chi connectivity index (χ2n) is 6.97. The van der Waals surface area contributed by atoms with Crippen molar-refractivity contribution < 1.29 is 14.4 Å². The van der Waals surface area contributed by atoms with Gasteiger partial charge in [-0.2, -0.15) is 0 Å². The third-order valence-electron chi connectivity index (χ3n) is 4.96. The molecule has 0 unspecified atom stereocenters. The zero-order chi connectivity index (χ0) is 19.6. The van der Waals surface area contributed by atoms with Crippen LogP contribution in [0.25, 0.3) is 0 Å². The van der Waals surface area contributed by atoms with Crippen LogP contribution in [0.5, 0.6) is 0 Å². The number of benzene rings is 2. The summed E-state index contributed by atoms with van der Waals surface area (Å²) in [5.41, 5.74) is 1.90. The highest BCUT2D eigenvalue weighted by atomic mass is 32.1. The lowest BCUT2D eigenvalue weighted by molar-refractivity contribution is -0.908. The summed E-state index contributed by atoms with van der Waals surface area (Å²) in [6.45, 7) is 5.66. The van der Waals surface area contributed by atoms with E-state index in [0.717, 1.165) is 56.9 Å². The topological polar surface area (TPSA) is 54.8 Å². The second-order valence-corrected chi connectivity index (χ2v) is 7.37. The van der Waals surface area contributed by atoms with Crippen LogP contribution in [-0.4, -0.2) is 50.4 Å². The summed E-state index contributed by atoms with van der Waals surface area (Å²) >= 11 is 5.35. The molecule has 1 fully saturated rings. The van der Waals surface area contributed by atoms with Crippen LogP contribution < -0.4 is 15.5 Å². The van der Waals surface area contributed by atoms with Crippen LogP contribution in [0.1, 0.15) is 23.5 Å². The van der Waals surface area contributed by atoms with Crippen LogP contribution in [0.15, 0.2) is 60.7 Å². The normalized spacial score (nSPS) is 14.6. The Morgan fingerprint density at radius 3 is 2.14 bits per heavy atom. The average molecular weight is 399 g/mol. The smallest absolute Gasteiger partial charge is 0.238 e. The first-order chi connectivity index (χ1) is 13.7. The van der Waals surface area contributed by atoms with Crippen molar-refractivity contribution in [2.24, 2.45) is 0 Å². The molecule has 0 bridgehead atoms. The Morgan fingerprint density at radius 1 is 1.00 bits per heavy atom. The molecule has 28 heavy (non-hydrogen) atoms. The van der Waals surface area contributed by atoms with E-state index in [1.165, 1.54) is 0 Å². The quantitative estimate of drug-likeness (QED) is 0.483. The summed E-state index contributed by atoms with van der Waals surface area (Å²) in [4.78, 5) is 14.5. The summed E-state index contributed by atoms with van der Waals surface area (Å²) in [6.07, 6.45) is 1.01. The Morgan fingerprint density at radius 2 is 1.57 bits per heavy atom. The number of quaternary nitrogens is 1. The van der Waals surface area contributed by atoms with Crippen molar-refractivity contribution in [2.45, 2.75) is 12.3 Å². The van der Waals surface area contributed by atoms with Crippen molar-refractivity contribution in [3.05, 3.63) is 71.8 Å². The van der Waals surface area contributed by atoms with E-state index in [0.29, 0.717) is 5.11 Å². The number of amides is 1. The zero-order valence-electron chi connectivity index (χ0n) is 16.0. The molecule has 0 spiro atoms. The van der Waals surface area contributed by atoms with Gasteiger partial charge in [-0.1, -0.05) is 60.7 Å². The number of carbonyl (C=O) groups is 1. The number of rotatable bonds is 7. The summed E-state index contributed by atoms with van der Waals surface area (Å²) in [7, 11) is 0. The van der Waals surface area contributed by atoms with Crippen molar-refractivity contribution in [3.8, 4) is 0 Å². The lowest BCUT2D eigenvalue weighted by atomic mass is 9.90. The van der Waals surface area contributed by atoms with Crippen LogP contribution in [-0.2, 0) is 9.53 Å². The van der Waals surface area contributed by atoms with E-state index in [1.54, 1.807) is 4.90 Å². The van der Waals surface area contributed by atoms with Gasteiger partial charge in [-0.3, -0.25) is 4.79 Å². The highest BCUT2D eigenvalue weighted by Crippen LogP contribution is 2.24. The molecule has 0 aliphatic carbocycles. The van der Waals surface area contributed by atoms with Gasteiger partial charge in [-0.25, -0.2) is 0 Å². The Kier molecular flexibility index (Phi) is 7.96. The van der Waals surface area contributed by atoms with Crippen molar-refractivity contribution >= 4 is 23.2 Å². The van der Waals surface area contributed by atoms with Gasteiger partial charge >= 0.3 is 0 Å². The van der Waals surface area contributed by atoms with Gasteiger partial charge < -0.3 is 20.3 Å². The molecule has 1 amide bonds. The van der Waals surface area contributed by atoms with Gasteiger partial charge in [-0.05, 0) is 23.3 Å². The highest BCUT2D eigenvalue weighted by Gasteiger charge is 2.23. The summed E-state index contributed by atoms with van der Waals surface area (Å²) in [5, 5.41) is 6.42. The Balaban J connectivity index is 1.52. The third kappa shape index (κ3) is 6.12. The lowest BCUT2D eigenvalue weighted by Crippen LogP contribution is -3.14. The fourth-order valence-corrected chi connectivity index (χ4v) is 3.67. The molecule has 1 aliphatic rings. The maximum atomic E-state index is 13.0. The maximum Gasteiger partial charge on any atom is 0.238 e. The molecule has 2 aromatic rings. The van der Waals surface area contributed by atoms with E-state index >= 15 is 0 Å². The van der Waals surface area contributed by atoms with Crippen molar-refractivity contribution in [2.75, 3.05) is 39.4 Å². The monoisotopic (exact) mass is 398 g/mol. The summed E-state index contributed by atoms with van der Waals surface area (Å²) in [6, 6.07) is 19.6. The number of carbonyl (C=O) groups excluding carboxylic acids is 1. The molecular formula is C22H28N3O2S+. The fraction of sp³-hybridized carbons (Fsp3) is 0.364. The summed E-state index contributed by atoms with van der Waals surface area (Å²) in [5.74, 6) is -0.506. The number of nitrogens with one attached hydrogen (secondary N) is 3.